The van der Waals surface area contributed by atoms with Crippen molar-refractivity contribution in [3.8, 4) is 0 Å². The average molecular weight is 214 g/mol. The van der Waals surface area contributed by atoms with E-state index in [9.17, 15) is 0 Å². The number of nitrogens with one attached hydrogen (secondary N) is 1. The van der Waals surface area contributed by atoms with Crippen LogP contribution in [0.4, 0.5) is 0 Å². The summed E-state index contributed by atoms with van der Waals surface area (Å²) < 4.78 is 1.92. The summed E-state index contributed by atoms with van der Waals surface area (Å²) in [4.78, 5) is 0. The third kappa shape index (κ3) is 1.55. The third-order valence-electron chi connectivity index (χ3n) is 2.82. The van der Waals surface area contributed by atoms with Crippen LogP contribution in [-0.2, 0) is 13.5 Å². The molecule has 1 aliphatic heterocycles. The van der Waals surface area contributed by atoms with Gasteiger partial charge in [0, 0.05) is 7.05 Å². The first kappa shape index (κ1) is 9.99. The summed E-state index contributed by atoms with van der Waals surface area (Å²) in [6, 6.07) is 0.403. The number of rotatable bonds is 2. The zero-order valence-electron chi connectivity index (χ0n) is 8.68. The Hall–Kier alpha value is -0.540. The quantitative estimate of drug-likeness (QED) is 0.815. The van der Waals surface area contributed by atoms with E-state index in [1.54, 1.807) is 0 Å². The number of aryl methyl sites for hydroxylation is 2. The lowest BCUT2D eigenvalue weighted by atomic mass is 10.1. The van der Waals surface area contributed by atoms with Gasteiger partial charge in [-0.15, -0.1) is 0 Å². The molecule has 1 aromatic rings. The van der Waals surface area contributed by atoms with Gasteiger partial charge in [-0.3, -0.25) is 4.68 Å². The van der Waals surface area contributed by atoms with Gasteiger partial charge in [0.25, 0.3) is 0 Å². The Morgan fingerprint density at radius 2 is 2.43 bits per heavy atom. The van der Waals surface area contributed by atoms with Gasteiger partial charge in [-0.2, -0.15) is 5.10 Å². The van der Waals surface area contributed by atoms with Crippen molar-refractivity contribution in [1.82, 2.24) is 15.1 Å². The molecule has 0 radical (unpaired) electrons. The SMILES string of the molecule is CCc1nn(C)c(C2CCCN2)c1Cl. The molecular formula is C10H16ClN3. The highest BCUT2D eigenvalue weighted by Gasteiger charge is 2.24. The number of hydrogen-bond donors (Lipinski definition) is 1. The van der Waals surface area contributed by atoms with Crippen LogP contribution in [0.1, 0.15) is 37.2 Å². The Kier molecular flexibility index (Phi) is 2.79. The highest BCUT2D eigenvalue weighted by Crippen LogP contribution is 2.31. The van der Waals surface area contributed by atoms with E-state index >= 15 is 0 Å². The standard InChI is InChI=1S/C10H16ClN3/c1-3-7-9(11)10(14(2)13-7)8-5-4-6-12-8/h8,12H,3-6H2,1-2H3. The molecule has 4 heteroatoms. The van der Waals surface area contributed by atoms with Crippen molar-refractivity contribution in [2.45, 2.75) is 32.2 Å². The van der Waals surface area contributed by atoms with E-state index in [4.69, 9.17) is 11.6 Å². The van der Waals surface area contributed by atoms with E-state index in [1.807, 2.05) is 11.7 Å². The van der Waals surface area contributed by atoms with Gasteiger partial charge in [-0.1, -0.05) is 18.5 Å². The fourth-order valence-corrected chi connectivity index (χ4v) is 2.52. The minimum atomic E-state index is 0.403. The molecule has 0 spiro atoms. The zero-order valence-corrected chi connectivity index (χ0v) is 9.43. The molecule has 3 nitrogen and oxygen atoms in total. The molecule has 1 aromatic heterocycles. The van der Waals surface area contributed by atoms with Crippen LogP contribution < -0.4 is 5.32 Å². The molecule has 78 valence electrons. The maximum Gasteiger partial charge on any atom is 0.0866 e. The second-order valence-electron chi connectivity index (χ2n) is 3.77. The smallest absolute Gasteiger partial charge is 0.0866 e. The average Bonchev–Trinajstić information content (AvgIpc) is 2.74. The van der Waals surface area contributed by atoms with Gasteiger partial charge in [-0.25, -0.2) is 0 Å². The Bertz CT molecular complexity index is 326. The molecule has 2 rings (SSSR count). The minimum absolute atomic E-state index is 0.403. The van der Waals surface area contributed by atoms with E-state index in [0.717, 1.165) is 29.4 Å². The van der Waals surface area contributed by atoms with Crippen LogP contribution in [0.5, 0.6) is 0 Å². The van der Waals surface area contributed by atoms with Crippen LogP contribution >= 0.6 is 11.6 Å². The molecule has 2 heterocycles. The van der Waals surface area contributed by atoms with E-state index in [0.29, 0.717) is 6.04 Å². The summed E-state index contributed by atoms with van der Waals surface area (Å²) in [5.41, 5.74) is 2.17. The molecule has 0 saturated carbocycles. The lowest BCUT2D eigenvalue weighted by molar-refractivity contribution is 0.573. The fraction of sp³-hybridized carbons (Fsp3) is 0.700. The van der Waals surface area contributed by atoms with Crippen LogP contribution in [0.25, 0.3) is 0 Å². The van der Waals surface area contributed by atoms with Gasteiger partial charge in [0.2, 0.25) is 0 Å². The molecule has 1 fully saturated rings. The Labute approximate surface area is 89.4 Å². The topological polar surface area (TPSA) is 29.9 Å². The van der Waals surface area contributed by atoms with E-state index in [1.165, 1.54) is 12.8 Å². The maximum atomic E-state index is 6.29. The normalized spacial score (nSPS) is 21.8. The van der Waals surface area contributed by atoms with Crippen molar-refractivity contribution < 1.29 is 0 Å². The van der Waals surface area contributed by atoms with Crippen LogP contribution in [0.15, 0.2) is 0 Å². The van der Waals surface area contributed by atoms with Gasteiger partial charge in [0.05, 0.1) is 22.5 Å². The first-order valence-electron chi connectivity index (χ1n) is 5.18. The Balaban J connectivity index is 2.35. The summed E-state index contributed by atoms with van der Waals surface area (Å²) >= 11 is 6.29. The predicted octanol–water partition coefficient (Wildman–Crippen LogP) is 2.06. The predicted molar refractivity (Wildman–Crippen MR) is 57.6 cm³/mol. The number of halogens is 1. The van der Waals surface area contributed by atoms with Crippen molar-refractivity contribution in [3.63, 3.8) is 0 Å². The number of hydrogen-bond acceptors (Lipinski definition) is 2. The van der Waals surface area contributed by atoms with Crippen LogP contribution in [-0.4, -0.2) is 16.3 Å². The summed E-state index contributed by atoms with van der Waals surface area (Å²) in [6.45, 7) is 3.17. The summed E-state index contributed by atoms with van der Waals surface area (Å²) in [6.07, 6.45) is 3.30. The van der Waals surface area contributed by atoms with Crippen LogP contribution in [0, 0.1) is 0 Å². The van der Waals surface area contributed by atoms with Gasteiger partial charge in [0.15, 0.2) is 0 Å². The lowest BCUT2D eigenvalue weighted by Gasteiger charge is -2.10. The second kappa shape index (κ2) is 3.91. The van der Waals surface area contributed by atoms with Gasteiger partial charge >= 0.3 is 0 Å². The molecule has 0 aromatic carbocycles. The summed E-state index contributed by atoms with van der Waals surface area (Å²) in [7, 11) is 1.97. The fourth-order valence-electron chi connectivity index (χ4n) is 2.09. The number of aromatic nitrogens is 2. The first-order chi connectivity index (χ1) is 6.74. The molecule has 0 bridgehead atoms. The van der Waals surface area contributed by atoms with Crippen LogP contribution in [0.3, 0.4) is 0 Å². The lowest BCUT2D eigenvalue weighted by Crippen LogP contribution is -2.16. The highest BCUT2D eigenvalue weighted by atomic mass is 35.5. The largest absolute Gasteiger partial charge is 0.309 e. The first-order valence-corrected chi connectivity index (χ1v) is 5.56. The maximum absolute atomic E-state index is 6.29. The van der Waals surface area contributed by atoms with Crippen molar-refractivity contribution in [2.75, 3.05) is 6.54 Å². The molecule has 1 aliphatic rings. The second-order valence-corrected chi connectivity index (χ2v) is 4.15. The molecule has 1 atom stereocenters. The van der Waals surface area contributed by atoms with Gasteiger partial charge in [-0.05, 0) is 25.8 Å². The third-order valence-corrected chi connectivity index (χ3v) is 3.23. The minimum Gasteiger partial charge on any atom is -0.309 e. The van der Waals surface area contributed by atoms with Crippen molar-refractivity contribution >= 4 is 11.6 Å². The molecule has 0 amide bonds. The monoisotopic (exact) mass is 213 g/mol. The van der Waals surface area contributed by atoms with Gasteiger partial charge < -0.3 is 5.32 Å². The highest BCUT2D eigenvalue weighted by molar-refractivity contribution is 6.32. The summed E-state index contributed by atoms with van der Waals surface area (Å²) in [5.74, 6) is 0. The van der Waals surface area contributed by atoms with Crippen molar-refractivity contribution in [1.29, 1.82) is 0 Å². The molecule has 1 N–H and O–H groups in total. The Morgan fingerprint density at radius 3 is 2.93 bits per heavy atom. The molecule has 14 heavy (non-hydrogen) atoms. The van der Waals surface area contributed by atoms with Gasteiger partial charge in [0.1, 0.15) is 0 Å². The van der Waals surface area contributed by atoms with E-state index in [-0.39, 0.29) is 0 Å². The molecular weight excluding hydrogens is 198 g/mol. The molecule has 1 saturated heterocycles. The van der Waals surface area contributed by atoms with E-state index < -0.39 is 0 Å². The molecule has 0 aliphatic carbocycles. The van der Waals surface area contributed by atoms with Crippen molar-refractivity contribution in [2.24, 2.45) is 7.05 Å². The summed E-state index contributed by atoms with van der Waals surface area (Å²) in [5, 5.41) is 8.72. The van der Waals surface area contributed by atoms with E-state index in [2.05, 4.69) is 17.3 Å². The van der Waals surface area contributed by atoms with Crippen molar-refractivity contribution in [3.05, 3.63) is 16.4 Å². The molecule has 1 unspecified atom stereocenters. The zero-order chi connectivity index (χ0) is 10.1. The Morgan fingerprint density at radius 1 is 1.64 bits per heavy atom. The number of nitrogens with zero attached hydrogens (tertiary/aromatic N) is 2. The van der Waals surface area contributed by atoms with Crippen LogP contribution in [0.2, 0.25) is 5.02 Å².